The van der Waals surface area contributed by atoms with Crippen molar-refractivity contribution in [1.29, 1.82) is 0 Å². The average molecular weight is 282 g/mol. The second-order valence-corrected chi connectivity index (χ2v) is 6.71. The highest BCUT2D eigenvalue weighted by Crippen LogP contribution is 2.13. The smallest absolute Gasteiger partial charge is 0.242 e. The maximum atomic E-state index is 12.1. The Balaban J connectivity index is 1.84. The molecule has 0 atom stereocenters. The summed E-state index contributed by atoms with van der Waals surface area (Å²) in [5.74, 6) is 0.0386. The van der Waals surface area contributed by atoms with Gasteiger partial charge in [-0.1, -0.05) is 0 Å². The van der Waals surface area contributed by atoms with E-state index in [1.165, 1.54) is 0 Å². The van der Waals surface area contributed by atoms with Crippen LogP contribution in [0.3, 0.4) is 0 Å². The Morgan fingerprint density at radius 1 is 1.42 bits per heavy atom. The molecule has 1 amide bonds. The van der Waals surface area contributed by atoms with E-state index < -0.39 is 5.54 Å². The third-order valence-electron chi connectivity index (χ3n) is 3.26. The van der Waals surface area contributed by atoms with E-state index >= 15 is 0 Å². The summed E-state index contributed by atoms with van der Waals surface area (Å²) in [5.41, 5.74) is 6.21. The molecule has 1 saturated heterocycles. The van der Waals surface area contributed by atoms with Gasteiger partial charge < -0.3 is 10.6 Å². The van der Waals surface area contributed by atoms with Gasteiger partial charge in [0, 0.05) is 38.1 Å². The van der Waals surface area contributed by atoms with Gasteiger partial charge >= 0.3 is 0 Å². The fraction of sp³-hybridized carbons (Fsp3) is 0.692. The van der Waals surface area contributed by atoms with Crippen LogP contribution in [0.5, 0.6) is 0 Å². The molecule has 0 aliphatic carbocycles. The molecule has 0 unspecified atom stereocenters. The molecule has 1 aliphatic rings. The summed E-state index contributed by atoms with van der Waals surface area (Å²) >= 11 is 1.68. The zero-order chi connectivity index (χ0) is 14.0. The third-order valence-corrected chi connectivity index (χ3v) is 4.09. The summed E-state index contributed by atoms with van der Waals surface area (Å²) in [6, 6.07) is 0. The van der Waals surface area contributed by atoms with Gasteiger partial charge in [0.25, 0.3) is 0 Å². The fourth-order valence-corrected chi connectivity index (χ4v) is 2.83. The molecule has 19 heavy (non-hydrogen) atoms. The molecule has 0 aromatic carbocycles. The van der Waals surface area contributed by atoms with Crippen molar-refractivity contribution in [2.45, 2.75) is 32.9 Å². The van der Waals surface area contributed by atoms with E-state index in [-0.39, 0.29) is 5.91 Å². The molecule has 0 radical (unpaired) electrons. The number of amides is 1. The van der Waals surface area contributed by atoms with E-state index in [0.29, 0.717) is 0 Å². The molecule has 2 rings (SSSR count). The Hall–Kier alpha value is -0.980. The van der Waals surface area contributed by atoms with Crippen LogP contribution in [0.1, 0.15) is 24.5 Å². The largest absolute Gasteiger partial charge is 0.339 e. The molecule has 0 saturated carbocycles. The maximum absolute atomic E-state index is 12.1. The van der Waals surface area contributed by atoms with E-state index in [9.17, 15) is 4.79 Å². The zero-order valence-corrected chi connectivity index (χ0v) is 12.7. The lowest BCUT2D eigenvalue weighted by Crippen LogP contribution is -2.56. The van der Waals surface area contributed by atoms with Crippen molar-refractivity contribution >= 4 is 17.2 Å². The summed E-state index contributed by atoms with van der Waals surface area (Å²) < 4.78 is 0. The number of nitrogens with zero attached hydrogens (tertiary/aromatic N) is 3. The van der Waals surface area contributed by atoms with E-state index in [2.05, 4.69) is 15.3 Å². The van der Waals surface area contributed by atoms with E-state index in [1.54, 1.807) is 25.2 Å². The third kappa shape index (κ3) is 3.75. The molecule has 1 aliphatic heterocycles. The first-order valence-electron chi connectivity index (χ1n) is 6.58. The Labute approximate surface area is 118 Å². The Kier molecular flexibility index (Phi) is 4.23. The minimum atomic E-state index is -0.770. The second kappa shape index (κ2) is 5.56. The Morgan fingerprint density at radius 2 is 2.05 bits per heavy atom. The van der Waals surface area contributed by atoms with Gasteiger partial charge in [0.15, 0.2) is 0 Å². The molecular weight excluding hydrogens is 260 g/mol. The quantitative estimate of drug-likeness (QED) is 0.892. The van der Waals surface area contributed by atoms with Gasteiger partial charge in [-0.2, -0.15) is 0 Å². The van der Waals surface area contributed by atoms with Crippen molar-refractivity contribution in [2.75, 3.05) is 26.2 Å². The first kappa shape index (κ1) is 14.4. The van der Waals surface area contributed by atoms with E-state index in [0.717, 1.165) is 43.4 Å². The minimum Gasteiger partial charge on any atom is -0.339 e. The van der Waals surface area contributed by atoms with E-state index in [4.69, 9.17) is 5.73 Å². The molecule has 0 spiro atoms. The normalized spacial score (nSPS) is 17.8. The van der Waals surface area contributed by atoms with Crippen LogP contribution in [0.2, 0.25) is 0 Å². The summed E-state index contributed by atoms with van der Waals surface area (Å²) in [4.78, 5) is 20.7. The highest BCUT2D eigenvalue weighted by atomic mass is 32.1. The van der Waals surface area contributed by atoms with Gasteiger partial charge in [-0.3, -0.25) is 9.69 Å². The Morgan fingerprint density at radius 3 is 2.53 bits per heavy atom. The lowest BCUT2D eigenvalue weighted by Gasteiger charge is -2.37. The first-order chi connectivity index (χ1) is 8.86. The highest BCUT2D eigenvalue weighted by Gasteiger charge is 2.30. The maximum Gasteiger partial charge on any atom is 0.242 e. The lowest BCUT2D eigenvalue weighted by molar-refractivity contribution is -0.137. The standard InChI is InChI=1S/C13H22N4OS/c1-10-15-11(9-19-10)8-16-4-6-17(7-5-16)12(18)13(2,3)14/h9H,4-8,14H2,1-3H3. The highest BCUT2D eigenvalue weighted by molar-refractivity contribution is 7.09. The summed E-state index contributed by atoms with van der Waals surface area (Å²) in [5, 5.41) is 3.21. The van der Waals surface area contributed by atoms with Crippen LogP contribution in [0.15, 0.2) is 5.38 Å². The van der Waals surface area contributed by atoms with Gasteiger partial charge in [0.2, 0.25) is 5.91 Å². The summed E-state index contributed by atoms with van der Waals surface area (Å²) in [7, 11) is 0. The van der Waals surface area contributed by atoms with Gasteiger partial charge in [-0.05, 0) is 20.8 Å². The average Bonchev–Trinajstić information content (AvgIpc) is 2.74. The molecule has 106 valence electrons. The number of aryl methyl sites for hydroxylation is 1. The number of hydrogen-bond donors (Lipinski definition) is 1. The summed E-state index contributed by atoms with van der Waals surface area (Å²) in [6.07, 6.45) is 0. The van der Waals surface area contributed by atoms with Crippen molar-refractivity contribution in [1.82, 2.24) is 14.8 Å². The van der Waals surface area contributed by atoms with Crippen LogP contribution < -0.4 is 5.73 Å². The number of piperazine rings is 1. The van der Waals surface area contributed by atoms with Crippen LogP contribution in [0, 0.1) is 6.92 Å². The molecule has 1 fully saturated rings. The second-order valence-electron chi connectivity index (χ2n) is 5.65. The van der Waals surface area contributed by atoms with Gasteiger partial charge in [-0.15, -0.1) is 11.3 Å². The van der Waals surface area contributed by atoms with Crippen LogP contribution in [0.4, 0.5) is 0 Å². The first-order valence-corrected chi connectivity index (χ1v) is 7.46. The van der Waals surface area contributed by atoms with Crippen LogP contribution in [0.25, 0.3) is 0 Å². The molecular formula is C13H22N4OS. The number of aromatic nitrogens is 1. The van der Waals surface area contributed by atoms with Gasteiger partial charge in [0.05, 0.1) is 16.2 Å². The molecule has 0 bridgehead atoms. The van der Waals surface area contributed by atoms with Crippen molar-refractivity contribution in [3.63, 3.8) is 0 Å². The number of thiazole rings is 1. The number of rotatable bonds is 3. The molecule has 2 N–H and O–H groups in total. The fourth-order valence-electron chi connectivity index (χ4n) is 2.23. The topological polar surface area (TPSA) is 62.5 Å². The number of nitrogens with two attached hydrogens (primary N) is 1. The van der Waals surface area contributed by atoms with Crippen LogP contribution in [-0.2, 0) is 11.3 Å². The van der Waals surface area contributed by atoms with Crippen LogP contribution in [-0.4, -0.2) is 52.4 Å². The monoisotopic (exact) mass is 282 g/mol. The zero-order valence-electron chi connectivity index (χ0n) is 11.8. The number of carbonyl (C=O) groups is 1. The minimum absolute atomic E-state index is 0.0386. The van der Waals surface area contributed by atoms with Crippen molar-refractivity contribution in [3.05, 3.63) is 16.1 Å². The van der Waals surface area contributed by atoms with Gasteiger partial charge in [0.1, 0.15) is 0 Å². The lowest BCUT2D eigenvalue weighted by atomic mass is 10.0. The number of hydrogen-bond acceptors (Lipinski definition) is 5. The van der Waals surface area contributed by atoms with Gasteiger partial charge in [-0.25, -0.2) is 4.98 Å². The predicted molar refractivity (Wildman–Crippen MR) is 77.0 cm³/mol. The number of carbonyl (C=O) groups excluding carboxylic acids is 1. The summed E-state index contributed by atoms with van der Waals surface area (Å²) in [6.45, 7) is 9.70. The van der Waals surface area contributed by atoms with Crippen molar-refractivity contribution in [2.24, 2.45) is 5.73 Å². The molecule has 6 heteroatoms. The SMILES string of the molecule is Cc1nc(CN2CCN(C(=O)C(C)(C)N)CC2)cs1. The molecule has 1 aromatic rings. The van der Waals surface area contributed by atoms with Crippen LogP contribution >= 0.6 is 11.3 Å². The van der Waals surface area contributed by atoms with E-state index in [1.807, 2.05) is 11.8 Å². The molecule has 5 nitrogen and oxygen atoms in total. The predicted octanol–water partition coefficient (Wildman–Crippen LogP) is 0.833. The molecule has 1 aromatic heterocycles. The van der Waals surface area contributed by atoms with Crippen molar-refractivity contribution in [3.8, 4) is 0 Å². The Bertz CT molecular complexity index is 444. The van der Waals surface area contributed by atoms with Crippen molar-refractivity contribution < 1.29 is 4.79 Å². The molecule has 2 heterocycles.